The number of rotatable bonds is 1. The van der Waals surface area contributed by atoms with Gasteiger partial charge in [0.15, 0.2) is 0 Å². The van der Waals surface area contributed by atoms with Gasteiger partial charge in [0.25, 0.3) is 0 Å². The summed E-state index contributed by atoms with van der Waals surface area (Å²) in [6.07, 6.45) is 1.03. The van der Waals surface area contributed by atoms with E-state index >= 15 is 0 Å². The highest BCUT2D eigenvalue weighted by molar-refractivity contribution is 6.37. The molecule has 2 N–H and O–H groups in total. The van der Waals surface area contributed by atoms with Gasteiger partial charge in [-0.1, -0.05) is 11.6 Å². The number of ether oxygens (including phenoxy) is 1. The molecule has 1 aliphatic rings. The van der Waals surface area contributed by atoms with E-state index in [-0.39, 0.29) is 0 Å². The fourth-order valence-corrected chi connectivity index (χ4v) is 2.69. The smallest absolute Gasteiger partial charge is 0.138 e. The minimum Gasteiger partial charge on any atom is -0.495 e. The number of hydrogen-bond acceptors (Lipinski definition) is 2. The lowest BCUT2D eigenvalue weighted by atomic mass is 10.1. The Labute approximate surface area is 98.7 Å². The maximum atomic E-state index is 6.35. The SMILES string of the molecule is COc1ccc2[nH]c3c(c2c1Cl)CNCC3. The van der Waals surface area contributed by atoms with Crippen molar-refractivity contribution in [2.45, 2.75) is 13.0 Å². The zero-order valence-electron chi connectivity index (χ0n) is 9.06. The average Bonchev–Trinajstić information content (AvgIpc) is 2.68. The van der Waals surface area contributed by atoms with Crippen LogP contribution >= 0.6 is 11.6 Å². The number of aromatic amines is 1. The third-order valence-electron chi connectivity index (χ3n) is 3.13. The van der Waals surface area contributed by atoms with Gasteiger partial charge in [-0.2, -0.15) is 0 Å². The number of aromatic nitrogens is 1. The molecule has 0 spiro atoms. The molecule has 0 unspecified atom stereocenters. The van der Waals surface area contributed by atoms with Crippen LogP contribution in [0.4, 0.5) is 0 Å². The summed E-state index contributed by atoms with van der Waals surface area (Å²) in [7, 11) is 1.64. The molecular formula is C12H13ClN2O. The number of benzene rings is 1. The monoisotopic (exact) mass is 236 g/mol. The van der Waals surface area contributed by atoms with Crippen molar-refractivity contribution in [1.29, 1.82) is 0 Å². The summed E-state index contributed by atoms with van der Waals surface area (Å²) in [6.45, 7) is 1.90. The standard InChI is InChI=1S/C12H13ClN2O/c1-16-10-3-2-9-11(12(10)13)7-6-14-5-4-8(7)15-9/h2-3,14-15H,4-6H2,1H3. The lowest BCUT2D eigenvalue weighted by Crippen LogP contribution is -2.22. The summed E-state index contributed by atoms with van der Waals surface area (Å²) in [5.41, 5.74) is 3.67. The van der Waals surface area contributed by atoms with Crippen LogP contribution in [0.3, 0.4) is 0 Å². The van der Waals surface area contributed by atoms with Gasteiger partial charge in [0.1, 0.15) is 5.75 Å². The highest BCUT2D eigenvalue weighted by Crippen LogP contribution is 2.36. The minimum absolute atomic E-state index is 0.709. The Kier molecular flexibility index (Phi) is 2.30. The van der Waals surface area contributed by atoms with Gasteiger partial charge in [-0.15, -0.1) is 0 Å². The van der Waals surface area contributed by atoms with Crippen LogP contribution in [0.25, 0.3) is 10.9 Å². The van der Waals surface area contributed by atoms with Crippen LogP contribution in [0.1, 0.15) is 11.3 Å². The zero-order chi connectivity index (χ0) is 11.1. The van der Waals surface area contributed by atoms with Crippen molar-refractivity contribution < 1.29 is 4.74 Å². The van der Waals surface area contributed by atoms with Crippen LogP contribution in [0.15, 0.2) is 12.1 Å². The van der Waals surface area contributed by atoms with E-state index in [1.165, 1.54) is 11.3 Å². The van der Waals surface area contributed by atoms with Crippen LogP contribution in [-0.2, 0) is 13.0 Å². The Balaban J connectivity index is 2.32. The van der Waals surface area contributed by atoms with Crippen LogP contribution < -0.4 is 10.1 Å². The lowest BCUT2D eigenvalue weighted by molar-refractivity contribution is 0.415. The maximum Gasteiger partial charge on any atom is 0.138 e. The summed E-state index contributed by atoms with van der Waals surface area (Å²) >= 11 is 6.35. The Morgan fingerprint density at radius 1 is 1.38 bits per heavy atom. The second-order valence-corrected chi connectivity index (χ2v) is 4.39. The summed E-state index contributed by atoms with van der Waals surface area (Å²) in [5, 5.41) is 5.17. The minimum atomic E-state index is 0.709. The van der Waals surface area contributed by atoms with Crippen LogP contribution in [-0.4, -0.2) is 18.6 Å². The van der Waals surface area contributed by atoms with Crippen LogP contribution in [0.2, 0.25) is 5.02 Å². The first-order valence-electron chi connectivity index (χ1n) is 5.38. The molecule has 0 fully saturated rings. The van der Waals surface area contributed by atoms with Crippen LogP contribution in [0, 0.1) is 0 Å². The van der Waals surface area contributed by atoms with Gasteiger partial charge in [0, 0.05) is 36.1 Å². The zero-order valence-corrected chi connectivity index (χ0v) is 9.82. The molecule has 1 aliphatic heterocycles. The number of nitrogens with one attached hydrogen (secondary N) is 2. The van der Waals surface area contributed by atoms with E-state index in [4.69, 9.17) is 16.3 Å². The third kappa shape index (κ3) is 1.32. The van der Waals surface area contributed by atoms with E-state index in [1.807, 2.05) is 12.1 Å². The molecule has 3 nitrogen and oxygen atoms in total. The predicted molar refractivity (Wildman–Crippen MR) is 65.3 cm³/mol. The first kappa shape index (κ1) is 10.00. The molecule has 16 heavy (non-hydrogen) atoms. The molecule has 84 valence electrons. The second-order valence-electron chi connectivity index (χ2n) is 4.01. The van der Waals surface area contributed by atoms with Crippen molar-refractivity contribution in [2.75, 3.05) is 13.7 Å². The van der Waals surface area contributed by atoms with Gasteiger partial charge in [0.2, 0.25) is 0 Å². The Morgan fingerprint density at radius 3 is 3.06 bits per heavy atom. The van der Waals surface area contributed by atoms with E-state index < -0.39 is 0 Å². The summed E-state index contributed by atoms with van der Waals surface area (Å²) < 4.78 is 5.25. The van der Waals surface area contributed by atoms with Crippen molar-refractivity contribution >= 4 is 22.5 Å². The third-order valence-corrected chi connectivity index (χ3v) is 3.51. The number of halogens is 1. The second kappa shape index (κ2) is 3.68. The fourth-order valence-electron chi connectivity index (χ4n) is 2.34. The summed E-state index contributed by atoms with van der Waals surface area (Å²) in [5.74, 6) is 0.738. The molecule has 1 aromatic heterocycles. The maximum absolute atomic E-state index is 6.35. The van der Waals surface area contributed by atoms with E-state index in [2.05, 4.69) is 10.3 Å². The van der Waals surface area contributed by atoms with Gasteiger partial charge in [0.05, 0.1) is 12.1 Å². The highest BCUT2D eigenvalue weighted by atomic mass is 35.5. The van der Waals surface area contributed by atoms with E-state index in [0.717, 1.165) is 36.2 Å². The average molecular weight is 237 g/mol. The number of hydrogen-bond donors (Lipinski definition) is 2. The summed E-state index contributed by atoms with van der Waals surface area (Å²) in [6, 6.07) is 3.93. The van der Waals surface area contributed by atoms with E-state index in [9.17, 15) is 0 Å². The highest BCUT2D eigenvalue weighted by Gasteiger charge is 2.18. The molecule has 0 amide bonds. The quantitative estimate of drug-likeness (QED) is 0.798. The molecule has 1 aromatic carbocycles. The lowest BCUT2D eigenvalue weighted by Gasteiger charge is -2.13. The summed E-state index contributed by atoms with van der Waals surface area (Å²) in [4.78, 5) is 3.43. The number of H-pyrrole nitrogens is 1. The van der Waals surface area contributed by atoms with Gasteiger partial charge in [-0.25, -0.2) is 0 Å². The molecule has 0 aliphatic carbocycles. The normalized spacial score (nSPS) is 15.1. The Hall–Kier alpha value is -1.19. The van der Waals surface area contributed by atoms with Crippen molar-refractivity contribution in [1.82, 2.24) is 10.3 Å². The fraction of sp³-hybridized carbons (Fsp3) is 0.333. The first-order valence-corrected chi connectivity index (χ1v) is 5.75. The van der Waals surface area contributed by atoms with Crippen molar-refractivity contribution in [3.63, 3.8) is 0 Å². The molecule has 2 aromatic rings. The number of fused-ring (bicyclic) bond motifs is 3. The molecule has 0 saturated heterocycles. The van der Waals surface area contributed by atoms with E-state index in [0.29, 0.717) is 5.02 Å². The molecule has 0 radical (unpaired) electrons. The van der Waals surface area contributed by atoms with Crippen LogP contribution in [0.5, 0.6) is 5.75 Å². The largest absolute Gasteiger partial charge is 0.495 e. The molecular weight excluding hydrogens is 224 g/mol. The predicted octanol–water partition coefficient (Wildman–Crippen LogP) is 2.48. The Bertz CT molecular complexity index is 547. The molecule has 0 bridgehead atoms. The molecule has 2 heterocycles. The first-order chi connectivity index (χ1) is 7.81. The molecule has 3 rings (SSSR count). The van der Waals surface area contributed by atoms with Crippen molar-refractivity contribution in [2.24, 2.45) is 0 Å². The Morgan fingerprint density at radius 2 is 2.25 bits per heavy atom. The molecule has 0 saturated carbocycles. The van der Waals surface area contributed by atoms with Gasteiger partial charge in [-0.3, -0.25) is 0 Å². The van der Waals surface area contributed by atoms with Gasteiger partial charge < -0.3 is 15.0 Å². The topological polar surface area (TPSA) is 37.0 Å². The van der Waals surface area contributed by atoms with Gasteiger partial charge >= 0.3 is 0 Å². The van der Waals surface area contributed by atoms with Crippen molar-refractivity contribution in [3.8, 4) is 5.75 Å². The van der Waals surface area contributed by atoms with E-state index in [1.54, 1.807) is 7.11 Å². The molecule has 4 heteroatoms. The van der Waals surface area contributed by atoms with Gasteiger partial charge in [-0.05, 0) is 17.7 Å². The van der Waals surface area contributed by atoms with Crippen molar-refractivity contribution in [3.05, 3.63) is 28.4 Å². The molecule has 0 atom stereocenters. The number of methoxy groups -OCH3 is 1.